The van der Waals surface area contributed by atoms with E-state index in [1.165, 1.54) is 14.2 Å². The van der Waals surface area contributed by atoms with Crippen LogP contribution in [0.25, 0.3) is 32.6 Å². The molecule has 0 amide bonds. The highest BCUT2D eigenvalue weighted by molar-refractivity contribution is 6.20. The van der Waals surface area contributed by atoms with Crippen LogP contribution in [0.1, 0.15) is 0 Å². The number of nitrogens with one attached hydrogen (secondary N) is 2. The fourth-order valence-corrected chi connectivity index (χ4v) is 2.94. The van der Waals surface area contributed by atoms with Crippen molar-refractivity contribution in [3.63, 3.8) is 0 Å². The zero-order valence-electron chi connectivity index (χ0n) is 11.9. The van der Waals surface area contributed by atoms with Gasteiger partial charge in [-0.3, -0.25) is 9.59 Å². The minimum absolute atomic E-state index is 0.238. The lowest BCUT2D eigenvalue weighted by Gasteiger charge is -2.12. The summed E-state index contributed by atoms with van der Waals surface area (Å²) in [5, 5.41) is 2.40. The Balaban J connectivity index is 2.38. The second-order valence-electron chi connectivity index (χ2n) is 5.10. The summed E-state index contributed by atoms with van der Waals surface area (Å²) in [7, 11) is 3.04. The number of hydrogen-bond acceptors (Lipinski definition) is 4. The normalized spacial score (nSPS) is 11.5. The molecule has 0 aliphatic rings. The molecule has 4 aromatic rings. The molecule has 6 heteroatoms. The van der Waals surface area contributed by atoms with Crippen LogP contribution in [-0.2, 0) is 0 Å². The average Bonchev–Trinajstić information content (AvgIpc) is 2.53. The van der Waals surface area contributed by atoms with Crippen molar-refractivity contribution in [3.05, 3.63) is 45.0 Å². The second kappa shape index (κ2) is 4.24. The maximum absolute atomic E-state index is 12.4. The second-order valence-corrected chi connectivity index (χ2v) is 5.10. The van der Waals surface area contributed by atoms with Crippen molar-refractivity contribution in [3.8, 4) is 11.5 Å². The molecular weight excluding hydrogens is 284 g/mol. The quantitative estimate of drug-likeness (QED) is 0.554. The van der Waals surface area contributed by atoms with Crippen molar-refractivity contribution in [2.45, 2.75) is 0 Å². The first-order chi connectivity index (χ1) is 10.6. The third-order valence-corrected chi connectivity index (χ3v) is 3.93. The van der Waals surface area contributed by atoms with E-state index in [2.05, 4.69) is 9.97 Å². The first-order valence-electron chi connectivity index (χ1n) is 6.69. The maximum atomic E-state index is 12.4. The number of benzene rings is 2. The van der Waals surface area contributed by atoms with Crippen LogP contribution >= 0.6 is 0 Å². The molecule has 110 valence electrons. The molecule has 0 saturated carbocycles. The van der Waals surface area contributed by atoms with Gasteiger partial charge < -0.3 is 19.4 Å². The number of pyridine rings is 2. The number of aromatic amines is 2. The monoisotopic (exact) mass is 296 g/mol. The van der Waals surface area contributed by atoms with E-state index in [9.17, 15) is 9.59 Å². The Morgan fingerprint density at radius 2 is 1.14 bits per heavy atom. The SMILES string of the molecule is COc1cc2[nH]c(=O)c3cc(OC)cc4[nH]c(=O)c(c1)c2c43. The van der Waals surface area contributed by atoms with Crippen LogP contribution < -0.4 is 20.6 Å². The third-order valence-electron chi connectivity index (χ3n) is 3.93. The number of rotatable bonds is 2. The van der Waals surface area contributed by atoms with Gasteiger partial charge in [0.25, 0.3) is 11.1 Å². The minimum atomic E-state index is -0.238. The summed E-state index contributed by atoms with van der Waals surface area (Å²) in [6.07, 6.45) is 0. The lowest BCUT2D eigenvalue weighted by Crippen LogP contribution is -2.13. The van der Waals surface area contributed by atoms with E-state index >= 15 is 0 Å². The van der Waals surface area contributed by atoms with Crippen LogP contribution in [0.3, 0.4) is 0 Å². The molecule has 2 N–H and O–H groups in total. The Morgan fingerprint density at radius 1 is 0.727 bits per heavy atom. The Morgan fingerprint density at radius 3 is 1.50 bits per heavy atom. The minimum Gasteiger partial charge on any atom is -0.497 e. The lowest BCUT2D eigenvalue weighted by molar-refractivity contribution is 0.415. The molecular formula is C16H12N2O4. The van der Waals surface area contributed by atoms with Crippen molar-refractivity contribution >= 4 is 32.6 Å². The van der Waals surface area contributed by atoms with Gasteiger partial charge in [0.15, 0.2) is 0 Å². The summed E-state index contributed by atoms with van der Waals surface area (Å²) in [4.78, 5) is 30.4. The van der Waals surface area contributed by atoms with Crippen molar-refractivity contribution < 1.29 is 9.47 Å². The molecule has 0 radical (unpaired) electrons. The van der Waals surface area contributed by atoms with Crippen LogP contribution in [-0.4, -0.2) is 24.2 Å². The summed E-state index contributed by atoms with van der Waals surface area (Å²) >= 11 is 0. The molecule has 0 bridgehead atoms. The van der Waals surface area contributed by atoms with Gasteiger partial charge in [-0.2, -0.15) is 0 Å². The summed E-state index contributed by atoms with van der Waals surface area (Å²) in [5.74, 6) is 1.04. The highest BCUT2D eigenvalue weighted by Gasteiger charge is 2.16. The van der Waals surface area contributed by atoms with Crippen LogP contribution in [0.4, 0.5) is 0 Å². The van der Waals surface area contributed by atoms with E-state index < -0.39 is 0 Å². The molecule has 0 fully saturated rings. The van der Waals surface area contributed by atoms with Crippen molar-refractivity contribution in [2.24, 2.45) is 0 Å². The molecule has 0 saturated heterocycles. The van der Waals surface area contributed by atoms with Crippen molar-refractivity contribution in [1.29, 1.82) is 0 Å². The highest BCUT2D eigenvalue weighted by Crippen LogP contribution is 2.33. The fourth-order valence-electron chi connectivity index (χ4n) is 2.94. The largest absolute Gasteiger partial charge is 0.497 e. The fraction of sp³-hybridized carbons (Fsp3) is 0.125. The molecule has 0 spiro atoms. The predicted octanol–water partition coefficient (Wildman–Crippen LogP) is 1.98. The molecule has 2 aromatic carbocycles. The number of H-pyrrole nitrogens is 2. The summed E-state index contributed by atoms with van der Waals surface area (Å²) in [5.41, 5.74) is 0.678. The van der Waals surface area contributed by atoms with Gasteiger partial charge in [0.05, 0.1) is 36.0 Å². The number of aromatic nitrogens is 2. The average molecular weight is 296 g/mol. The van der Waals surface area contributed by atoms with Gasteiger partial charge >= 0.3 is 0 Å². The van der Waals surface area contributed by atoms with E-state index in [0.29, 0.717) is 33.3 Å². The Kier molecular flexibility index (Phi) is 2.45. The first kappa shape index (κ1) is 12.7. The topological polar surface area (TPSA) is 84.2 Å². The van der Waals surface area contributed by atoms with Crippen molar-refractivity contribution in [2.75, 3.05) is 14.2 Å². The van der Waals surface area contributed by atoms with Gasteiger partial charge in [0.2, 0.25) is 0 Å². The summed E-state index contributed by atoms with van der Waals surface area (Å²) in [6, 6.07) is 6.77. The molecule has 0 atom stereocenters. The third kappa shape index (κ3) is 1.54. The number of ether oxygens (including phenoxy) is 2. The van der Waals surface area contributed by atoms with E-state index in [-0.39, 0.29) is 11.1 Å². The zero-order chi connectivity index (χ0) is 15.4. The molecule has 2 aromatic heterocycles. The molecule has 22 heavy (non-hydrogen) atoms. The van der Waals surface area contributed by atoms with E-state index in [1.807, 2.05) is 0 Å². The van der Waals surface area contributed by atoms with Gasteiger partial charge in [-0.15, -0.1) is 0 Å². The van der Waals surface area contributed by atoms with Crippen LogP contribution in [0.2, 0.25) is 0 Å². The Hall–Kier alpha value is -3.02. The molecule has 0 aliphatic carbocycles. The van der Waals surface area contributed by atoms with E-state index in [1.54, 1.807) is 24.3 Å². The summed E-state index contributed by atoms with van der Waals surface area (Å²) < 4.78 is 10.4. The van der Waals surface area contributed by atoms with Crippen LogP contribution in [0.5, 0.6) is 11.5 Å². The predicted molar refractivity (Wildman–Crippen MR) is 84.5 cm³/mol. The van der Waals surface area contributed by atoms with E-state index in [0.717, 1.165) is 10.8 Å². The molecule has 0 unspecified atom stereocenters. The standard InChI is InChI=1S/C16H12N2O4/c1-21-7-3-9-13-11(5-7)17-16(20)10-4-8(22-2)6-12(14(10)13)18-15(9)19/h3-6H,1-2H3,(H,17,20)(H,18,19). The molecule has 6 nitrogen and oxygen atoms in total. The lowest BCUT2D eigenvalue weighted by atomic mass is 10.0. The van der Waals surface area contributed by atoms with Crippen LogP contribution in [0, 0.1) is 0 Å². The molecule has 0 aliphatic heterocycles. The number of methoxy groups -OCH3 is 2. The maximum Gasteiger partial charge on any atom is 0.256 e. The van der Waals surface area contributed by atoms with Crippen LogP contribution in [0.15, 0.2) is 33.9 Å². The van der Waals surface area contributed by atoms with Gasteiger partial charge in [0.1, 0.15) is 11.5 Å². The van der Waals surface area contributed by atoms with Gasteiger partial charge in [-0.1, -0.05) is 0 Å². The molecule has 2 heterocycles. The van der Waals surface area contributed by atoms with Gasteiger partial charge in [-0.05, 0) is 12.1 Å². The number of hydrogen-bond donors (Lipinski definition) is 2. The Labute approximate surface area is 123 Å². The van der Waals surface area contributed by atoms with Gasteiger partial charge in [0, 0.05) is 22.9 Å². The zero-order valence-corrected chi connectivity index (χ0v) is 11.9. The van der Waals surface area contributed by atoms with E-state index in [4.69, 9.17) is 9.47 Å². The van der Waals surface area contributed by atoms with Crippen molar-refractivity contribution in [1.82, 2.24) is 9.97 Å². The Bertz CT molecular complexity index is 1050. The van der Waals surface area contributed by atoms with Gasteiger partial charge in [-0.25, -0.2) is 0 Å². The smallest absolute Gasteiger partial charge is 0.256 e. The summed E-state index contributed by atoms with van der Waals surface area (Å²) in [6.45, 7) is 0. The highest BCUT2D eigenvalue weighted by atomic mass is 16.5. The molecule has 4 rings (SSSR count). The first-order valence-corrected chi connectivity index (χ1v) is 6.69.